The first-order valence-corrected chi connectivity index (χ1v) is 6.74. The molecular formula is C11H19N3OS. The lowest BCUT2D eigenvalue weighted by molar-refractivity contribution is 0.201. The Morgan fingerprint density at radius 2 is 2.00 bits per heavy atom. The molecule has 0 aromatic carbocycles. The Hall–Kier alpha value is -0.680. The van der Waals surface area contributed by atoms with Gasteiger partial charge in [0, 0.05) is 38.2 Å². The standard InChI is InChI=1S/C11H19N3OS/c1-15-9-6-10-12-11(16-13-10)14-7-4-2-3-5-8-14/h2-9H2,1H3. The molecule has 1 aromatic heterocycles. The number of ether oxygens (including phenoxy) is 1. The molecule has 1 saturated heterocycles. The molecule has 0 unspecified atom stereocenters. The highest BCUT2D eigenvalue weighted by atomic mass is 32.1. The highest BCUT2D eigenvalue weighted by Crippen LogP contribution is 2.21. The first kappa shape index (κ1) is 11.8. The zero-order valence-corrected chi connectivity index (χ0v) is 10.6. The summed E-state index contributed by atoms with van der Waals surface area (Å²) in [6, 6.07) is 0. The number of methoxy groups -OCH3 is 1. The number of anilines is 1. The Kier molecular flexibility index (Phi) is 4.54. The predicted molar refractivity (Wildman–Crippen MR) is 66.2 cm³/mol. The molecule has 0 aliphatic carbocycles. The highest BCUT2D eigenvalue weighted by molar-refractivity contribution is 7.09. The predicted octanol–water partition coefficient (Wildman–Crippen LogP) is 2.11. The van der Waals surface area contributed by atoms with Crippen LogP contribution in [0.25, 0.3) is 0 Å². The van der Waals surface area contributed by atoms with Gasteiger partial charge in [0.25, 0.3) is 0 Å². The summed E-state index contributed by atoms with van der Waals surface area (Å²) in [4.78, 5) is 6.94. The molecule has 1 fully saturated rings. The van der Waals surface area contributed by atoms with Crippen LogP contribution in [0.2, 0.25) is 0 Å². The SMILES string of the molecule is COCCc1nsc(N2CCCCCC2)n1. The average molecular weight is 241 g/mol. The summed E-state index contributed by atoms with van der Waals surface area (Å²) >= 11 is 1.53. The molecule has 0 saturated carbocycles. The minimum atomic E-state index is 0.705. The van der Waals surface area contributed by atoms with Crippen molar-refractivity contribution >= 4 is 16.7 Å². The lowest BCUT2D eigenvalue weighted by Crippen LogP contribution is -2.23. The van der Waals surface area contributed by atoms with Crippen molar-refractivity contribution in [2.24, 2.45) is 0 Å². The van der Waals surface area contributed by atoms with Crippen LogP contribution in [0.1, 0.15) is 31.5 Å². The van der Waals surface area contributed by atoms with E-state index in [-0.39, 0.29) is 0 Å². The molecule has 5 heteroatoms. The summed E-state index contributed by atoms with van der Waals surface area (Å²) < 4.78 is 9.40. The lowest BCUT2D eigenvalue weighted by atomic mass is 10.2. The molecule has 90 valence electrons. The zero-order valence-electron chi connectivity index (χ0n) is 9.81. The Labute approximate surface area is 101 Å². The van der Waals surface area contributed by atoms with Gasteiger partial charge in [0.15, 0.2) is 0 Å². The molecule has 2 rings (SSSR count). The van der Waals surface area contributed by atoms with Crippen LogP contribution in [0, 0.1) is 0 Å². The van der Waals surface area contributed by atoms with Gasteiger partial charge in [-0.05, 0) is 12.8 Å². The van der Waals surface area contributed by atoms with Crippen molar-refractivity contribution in [2.75, 3.05) is 31.7 Å². The van der Waals surface area contributed by atoms with Crippen LogP contribution in [0.3, 0.4) is 0 Å². The van der Waals surface area contributed by atoms with Gasteiger partial charge in [-0.3, -0.25) is 0 Å². The monoisotopic (exact) mass is 241 g/mol. The van der Waals surface area contributed by atoms with Crippen molar-refractivity contribution in [3.63, 3.8) is 0 Å². The number of rotatable bonds is 4. The van der Waals surface area contributed by atoms with Crippen LogP contribution in [0.15, 0.2) is 0 Å². The molecule has 0 spiro atoms. The third-order valence-electron chi connectivity index (χ3n) is 2.86. The summed E-state index contributed by atoms with van der Waals surface area (Å²) in [5, 5.41) is 1.09. The van der Waals surface area contributed by atoms with E-state index in [4.69, 9.17) is 4.74 Å². The van der Waals surface area contributed by atoms with E-state index in [1.165, 1.54) is 37.2 Å². The van der Waals surface area contributed by atoms with Crippen LogP contribution in [0.4, 0.5) is 5.13 Å². The van der Waals surface area contributed by atoms with Crippen molar-refractivity contribution in [3.05, 3.63) is 5.82 Å². The van der Waals surface area contributed by atoms with Crippen molar-refractivity contribution in [2.45, 2.75) is 32.1 Å². The average Bonchev–Trinajstić information content (AvgIpc) is 2.60. The van der Waals surface area contributed by atoms with Crippen molar-refractivity contribution < 1.29 is 4.74 Å². The van der Waals surface area contributed by atoms with E-state index in [1.807, 2.05) is 0 Å². The van der Waals surface area contributed by atoms with Crippen molar-refractivity contribution in [1.29, 1.82) is 0 Å². The van der Waals surface area contributed by atoms with Crippen LogP contribution in [-0.2, 0) is 11.2 Å². The van der Waals surface area contributed by atoms with Gasteiger partial charge in [0.1, 0.15) is 5.82 Å². The number of aromatic nitrogens is 2. The first-order chi connectivity index (χ1) is 7.90. The third-order valence-corrected chi connectivity index (χ3v) is 3.68. The van der Waals surface area contributed by atoms with Crippen LogP contribution >= 0.6 is 11.5 Å². The maximum Gasteiger partial charge on any atom is 0.205 e. The summed E-state index contributed by atoms with van der Waals surface area (Å²) in [6.07, 6.45) is 6.10. The fourth-order valence-electron chi connectivity index (χ4n) is 1.93. The lowest BCUT2D eigenvalue weighted by Gasteiger charge is -2.17. The molecule has 0 N–H and O–H groups in total. The summed E-state index contributed by atoms with van der Waals surface area (Å²) in [6.45, 7) is 2.98. The Bertz CT molecular complexity index is 308. The van der Waals surface area contributed by atoms with Gasteiger partial charge < -0.3 is 9.64 Å². The number of nitrogens with zero attached hydrogens (tertiary/aromatic N) is 3. The quantitative estimate of drug-likeness (QED) is 0.809. The fourth-order valence-corrected chi connectivity index (χ4v) is 2.69. The van der Waals surface area contributed by atoms with E-state index in [0.29, 0.717) is 6.61 Å². The fraction of sp³-hybridized carbons (Fsp3) is 0.818. The molecule has 0 amide bonds. The number of hydrogen-bond donors (Lipinski definition) is 0. The first-order valence-electron chi connectivity index (χ1n) is 5.96. The maximum atomic E-state index is 5.03. The molecule has 2 heterocycles. The third kappa shape index (κ3) is 3.15. The Balaban J connectivity index is 1.94. The van der Waals surface area contributed by atoms with Crippen LogP contribution < -0.4 is 4.90 Å². The van der Waals surface area contributed by atoms with Crippen molar-refractivity contribution in [3.8, 4) is 0 Å². The highest BCUT2D eigenvalue weighted by Gasteiger charge is 2.14. The van der Waals surface area contributed by atoms with E-state index in [9.17, 15) is 0 Å². The van der Waals surface area contributed by atoms with Crippen LogP contribution in [0.5, 0.6) is 0 Å². The Morgan fingerprint density at radius 1 is 1.25 bits per heavy atom. The minimum Gasteiger partial charge on any atom is -0.384 e. The number of hydrogen-bond acceptors (Lipinski definition) is 5. The van der Waals surface area contributed by atoms with Crippen LogP contribution in [-0.4, -0.2) is 36.2 Å². The molecule has 4 nitrogen and oxygen atoms in total. The van der Waals surface area contributed by atoms with Gasteiger partial charge in [-0.1, -0.05) is 12.8 Å². The molecule has 1 aliphatic heterocycles. The summed E-state index contributed by atoms with van der Waals surface area (Å²) in [5.74, 6) is 0.922. The van der Waals surface area contributed by atoms with Gasteiger partial charge in [-0.25, -0.2) is 4.98 Å². The van der Waals surface area contributed by atoms with E-state index in [1.54, 1.807) is 7.11 Å². The second-order valence-electron chi connectivity index (χ2n) is 4.14. The second-order valence-corrected chi connectivity index (χ2v) is 4.87. The van der Waals surface area contributed by atoms with E-state index < -0.39 is 0 Å². The van der Waals surface area contributed by atoms with E-state index in [2.05, 4.69) is 14.3 Å². The molecule has 0 radical (unpaired) electrons. The zero-order chi connectivity index (χ0) is 11.2. The van der Waals surface area contributed by atoms with Crippen molar-refractivity contribution in [1.82, 2.24) is 9.36 Å². The van der Waals surface area contributed by atoms with Gasteiger partial charge in [0.05, 0.1) is 6.61 Å². The largest absolute Gasteiger partial charge is 0.384 e. The smallest absolute Gasteiger partial charge is 0.205 e. The second kappa shape index (κ2) is 6.15. The normalized spacial score (nSPS) is 17.4. The maximum absolute atomic E-state index is 5.03. The molecule has 0 bridgehead atoms. The molecule has 1 aliphatic rings. The molecule has 16 heavy (non-hydrogen) atoms. The molecular weight excluding hydrogens is 222 g/mol. The van der Waals surface area contributed by atoms with Gasteiger partial charge in [-0.2, -0.15) is 4.37 Å². The van der Waals surface area contributed by atoms with Gasteiger partial charge in [-0.15, -0.1) is 0 Å². The van der Waals surface area contributed by atoms with E-state index in [0.717, 1.165) is 30.5 Å². The summed E-state index contributed by atoms with van der Waals surface area (Å²) in [5.41, 5.74) is 0. The minimum absolute atomic E-state index is 0.705. The summed E-state index contributed by atoms with van der Waals surface area (Å²) in [7, 11) is 1.71. The van der Waals surface area contributed by atoms with Gasteiger partial charge in [0.2, 0.25) is 5.13 Å². The topological polar surface area (TPSA) is 38.2 Å². The van der Waals surface area contributed by atoms with Gasteiger partial charge >= 0.3 is 0 Å². The van der Waals surface area contributed by atoms with E-state index >= 15 is 0 Å². The molecule has 0 atom stereocenters. The Morgan fingerprint density at radius 3 is 2.69 bits per heavy atom. The molecule has 1 aromatic rings.